The fraction of sp³-hybridized carbons (Fsp3) is 0. The molecule has 0 aliphatic rings. The van der Waals surface area contributed by atoms with Gasteiger partial charge in [-0.05, 0) is 0 Å². The normalized spacial score (nSPS) is 9.36. The summed E-state index contributed by atoms with van der Waals surface area (Å²) < 4.78 is 85.3. The summed E-state index contributed by atoms with van der Waals surface area (Å²) in [6.45, 7) is 0. The van der Waals surface area contributed by atoms with E-state index in [1.165, 1.54) is 0 Å². The van der Waals surface area contributed by atoms with Gasteiger partial charge in [0, 0.05) is 20.8 Å². The van der Waals surface area contributed by atoms with Gasteiger partial charge < -0.3 is 56.7 Å². The number of rotatable bonds is 0. The second-order valence-electron chi connectivity index (χ2n) is 1.71. The summed E-state index contributed by atoms with van der Waals surface area (Å²) in [7, 11) is -21.1. The van der Waals surface area contributed by atoms with Crippen LogP contribution in [0.2, 0.25) is 0 Å². The van der Waals surface area contributed by atoms with E-state index >= 15 is 0 Å². The zero-order valence-corrected chi connectivity index (χ0v) is 26.2. The molecule has 25 heteroatoms. The number of hydrogen-bond donors (Lipinski definition) is 0. The molecule has 0 aliphatic heterocycles. The standard InChI is InChI=1S/5Ca.2H3O4P.2H2O4S/c;;;;;4*1-5(2,3)4/h;;;;;2*(H3,1,2,3,4);2*(H2,1,2,3,4)/q5*+2;;;;/p-10. The molecular formula is Ca5O16P2S2. The van der Waals surface area contributed by atoms with E-state index in [1.54, 1.807) is 0 Å². The second-order valence-corrected chi connectivity index (χ2v) is 5.13. The molecule has 0 unspecified atom stereocenters. The van der Waals surface area contributed by atoms with Crippen molar-refractivity contribution >= 4 is 225 Å². The first-order valence-corrected chi connectivity index (χ1v) is 8.38. The van der Waals surface area contributed by atoms with E-state index in [-0.39, 0.29) is 189 Å². The van der Waals surface area contributed by atoms with Gasteiger partial charge in [-0.1, -0.05) is 0 Å². The molecule has 0 aromatic rings. The van der Waals surface area contributed by atoms with E-state index in [1.807, 2.05) is 0 Å². The smallest absolute Gasteiger partial charge is 0.822 e. The maximum atomic E-state index is 8.55. The topological polar surface area (TPSA) is 333 Å². The number of hydrogen-bond acceptors (Lipinski definition) is 16. The Labute approximate surface area is 291 Å². The third kappa shape index (κ3) is 617. The van der Waals surface area contributed by atoms with Crippen LogP contribution in [0, 0.1) is 0 Å². The van der Waals surface area contributed by atoms with Crippen molar-refractivity contribution < 1.29 is 73.5 Å². The Morgan fingerprint density at radius 3 is 0.440 bits per heavy atom. The molecule has 0 aromatic heterocycles. The average Bonchev–Trinajstić information content (AvgIpc) is 1.62. The monoisotopic (exact) mass is 582 g/mol. The largest absolute Gasteiger partial charge is 2.00 e. The van der Waals surface area contributed by atoms with E-state index in [4.69, 9.17) is 73.5 Å². The molecule has 0 heterocycles. The van der Waals surface area contributed by atoms with Gasteiger partial charge in [-0.25, -0.2) is 0 Å². The van der Waals surface area contributed by atoms with Gasteiger partial charge in [0.25, 0.3) is 0 Å². The van der Waals surface area contributed by atoms with Crippen LogP contribution >= 0.6 is 15.6 Å². The van der Waals surface area contributed by atoms with Crippen LogP contribution in [0.25, 0.3) is 0 Å². The predicted molar refractivity (Wildman–Crippen MR) is 64.9 cm³/mol. The maximum absolute atomic E-state index is 8.55. The van der Waals surface area contributed by atoms with E-state index in [0.717, 1.165) is 0 Å². The van der Waals surface area contributed by atoms with Crippen molar-refractivity contribution in [3.63, 3.8) is 0 Å². The van der Waals surface area contributed by atoms with Crippen molar-refractivity contribution in [1.82, 2.24) is 0 Å². The Morgan fingerprint density at radius 2 is 0.440 bits per heavy atom. The summed E-state index contributed by atoms with van der Waals surface area (Å²) >= 11 is 0. The van der Waals surface area contributed by atoms with E-state index < -0.39 is 36.4 Å². The van der Waals surface area contributed by atoms with E-state index in [2.05, 4.69) is 0 Å². The molecule has 0 spiro atoms. The summed E-state index contributed by atoms with van der Waals surface area (Å²) in [6, 6.07) is 0. The van der Waals surface area contributed by atoms with Crippen molar-refractivity contribution in [2.75, 3.05) is 0 Å². The molecule has 0 saturated heterocycles. The van der Waals surface area contributed by atoms with Gasteiger partial charge in [-0.3, -0.25) is 16.8 Å². The molecule has 0 fully saturated rings. The van der Waals surface area contributed by atoms with Gasteiger partial charge in [0.1, 0.15) is 0 Å². The molecule has 0 atom stereocenters. The van der Waals surface area contributed by atoms with Crippen molar-refractivity contribution in [2.45, 2.75) is 0 Å². The zero-order valence-electron chi connectivity index (χ0n) is 11.8. The Kier molecular flexibility index (Phi) is 65.4. The molecule has 0 aliphatic carbocycles. The summed E-state index contributed by atoms with van der Waals surface area (Å²) in [6.07, 6.45) is 0. The summed E-state index contributed by atoms with van der Waals surface area (Å²) in [4.78, 5) is 51.3. The van der Waals surface area contributed by atoms with Crippen molar-refractivity contribution in [1.29, 1.82) is 0 Å². The van der Waals surface area contributed by atoms with Crippen LogP contribution in [0.4, 0.5) is 0 Å². The van der Waals surface area contributed by atoms with Crippen LogP contribution in [0.5, 0.6) is 0 Å². The molecule has 0 N–H and O–H groups in total. The average molecular weight is 582 g/mol. The molecule has 0 aromatic carbocycles. The van der Waals surface area contributed by atoms with Gasteiger partial charge >= 0.3 is 189 Å². The van der Waals surface area contributed by atoms with Gasteiger partial charge in [0.2, 0.25) is 0 Å². The molecule has 0 bridgehead atoms. The molecule has 0 radical (unpaired) electrons. The Bertz CT molecular complexity index is 442. The van der Waals surface area contributed by atoms with E-state index in [0.29, 0.717) is 0 Å². The van der Waals surface area contributed by atoms with Crippen LogP contribution in [0.15, 0.2) is 0 Å². The minimum atomic E-state index is -5.39. The van der Waals surface area contributed by atoms with Crippen LogP contribution < -0.4 is 29.4 Å². The second kappa shape index (κ2) is 28.3. The molecule has 25 heavy (non-hydrogen) atoms. The van der Waals surface area contributed by atoms with Gasteiger partial charge in [0.15, 0.2) is 0 Å². The van der Waals surface area contributed by atoms with Gasteiger partial charge in [-0.15, -0.1) is 0 Å². The third-order valence-corrected chi connectivity index (χ3v) is 0. The van der Waals surface area contributed by atoms with Crippen LogP contribution in [-0.4, -0.2) is 224 Å². The van der Waals surface area contributed by atoms with Crippen molar-refractivity contribution in [3.8, 4) is 0 Å². The SMILES string of the molecule is O=P([O-])([O-])[O-].O=P([O-])([O-])[O-].O=S(=O)([O-])[O-].O=S(=O)([O-])[O-].[Ca+2].[Ca+2].[Ca+2].[Ca+2].[Ca+2]. The van der Waals surface area contributed by atoms with Gasteiger partial charge in [0.05, 0.1) is 0 Å². The molecule has 0 saturated carbocycles. The van der Waals surface area contributed by atoms with Gasteiger partial charge in [-0.2, -0.15) is 15.6 Å². The first-order chi connectivity index (χ1) is 8.00. The Morgan fingerprint density at radius 1 is 0.440 bits per heavy atom. The van der Waals surface area contributed by atoms with Crippen molar-refractivity contribution in [3.05, 3.63) is 0 Å². The first-order valence-electron chi connectivity index (χ1n) is 2.79. The molecule has 16 nitrogen and oxygen atoms in total. The van der Waals surface area contributed by atoms with E-state index in [9.17, 15) is 0 Å². The minimum absolute atomic E-state index is 0. The summed E-state index contributed by atoms with van der Waals surface area (Å²) in [5.74, 6) is 0. The number of phosphoric acid groups is 2. The third-order valence-electron chi connectivity index (χ3n) is 0. The Balaban J connectivity index is -0.0000000183. The fourth-order valence-corrected chi connectivity index (χ4v) is 0. The van der Waals surface area contributed by atoms with Crippen LogP contribution in [-0.2, 0) is 29.9 Å². The molecular weight excluding hydrogens is 582 g/mol. The maximum Gasteiger partial charge on any atom is 2.00 e. The summed E-state index contributed by atoms with van der Waals surface area (Å²) in [5.41, 5.74) is 0. The van der Waals surface area contributed by atoms with Crippen LogP contribution in [0.1, 0.15) is 0 Å². The molecule has 0 amide bonds. The quantitative estimate of drug-likeness (QED) is 0.111. The van der Waals surface area contributed by atoms with Crippen molar-refractivity contribution in [2.24, 2.45) is 0 Å². The molecule has 0 rings (SSSR count). The fourth-order valence-electron chi connectivity index (χ4n) is 0. The molecule has 128 valence electrons. The zero-order chi connectivity index (χ0) is 18.0. The first kappa shape index (κ1) is 57.8. The predicted octanol–water partition coefficient (Wildman–Crippen LogP) is -10.2. The van der Waals surface area contributed by atoms with Crippen LogP contribution in [0.3, 0.4) is 0 Å². The Hall–Kier alpha value is 6.26. The summed E-state index contributed by atoms with van der Waals surface area (Å²) in [5, 5.41) is 0. The minimum Gasteiger partial charge on any atom is -0.822 e.